The number of anilines is 2. The van der Waals surface area contributed by atoms with Gasteiger partial charge in [-0.1, -0.05) is 0 Å². The van der Waals surface area contributed by atoms with Gasteiger partial charge in [0.05, 0.1) is 0 Å². The Labute approximate surface area is 116 Å². The lowest BCUT2D eigenvalue weighted by molar-refractivity contribution is 0.898. The van der Waals surface area contributed by atoms with E-state index in [1.54, 1.807) is 0 Å². The molecule has 0 fully saturated rings. The molecular weight excluding hydrogens is 260 g/mol. The molecule has 2 heterocycles. The molecule has 2 aromatic rings. The van der Waals surface area contributed by atoms with Gasteiger partial charge in [-0.3, -0.25) is 0 Å². The molecule has 0 unspecified atom stereocenters. The third kappa shape index (κ3) is 3.78. The number of hydrogen-bond donors (Lipinski definition) is 2. The van der Waals surface area contributed by atoms with Crippen molar-refractivity contribution in [2.75, 3.05) is 17.6 Å². The van der Waals surface area contributed by atoms with Crippen LogP contribution in [0.1, 0.15) is 18.3 Å². The highest BCUT2D eigenvalue weighted by Crippen LogP contribution is 2.25. The van der Waals surface area contributed by atoms with Gasteiger partial charge in [-0.15, -0.1) is 0 Å². The van der Waals surface area contributed by atoms with E-state index in [0.717, 1.165) is 23.0 Å². The average molecular weight is 276 g/mol. The van der Waals surface area contributed by atoms with Gasteiger partial charge < -0.3 is 11.1 Å². The molecule has 0 bridgehead atoms. The summed E-state index contributed by atoms with van der Waals surface area (Å²) >= 11 is 1.38. The minimum atomic E-state index is 0.241. The Balaban J connectivity index is 2.27. The molecule has 0 aliphatic rings. The van der Waals surface area contributed by atoms with Crippen LogP contribution in [0.2, 0.25) is 0 Å². The summed E-state index contributed by atoms with van der Waals surface area (Å²) in [4.78, 5) is 17.0. The van der Waals surface area contributed by atoms with Gasteiger partial charge in [0, 0.05) is 24.0 Å². The van der Waals surface area contributed by atoms with Crippen LogP contribution in [0.4, 0.5) is 11.8 Å². The molecule has 0 aliphatic heterocycles. The maximum Gasteiger partial charge on any atom is 0.223 e. The highest BCUT2D eigenvalue weighted by molar-refractivity contribution is 7.99. The Hall–Kier alpha value is -1.89. The second-order valence-electron chi connectivity index (χ2n) is 4.02. The molecule has 2 rings (SSSR count). The number of hydrogen-bond acceptors (Lipinski definition) is 7. The van der Waals surface area contributed by atoms with E-state index in [0.29, 0.717) is 11.0 Å². The van der Waals surface area contributed by atoms with Crippen molar-refractivity contribution in [2.45, 2.75) is 31.0 Å². The standard InChI is InChI=1S/C12H16N6S/c1-4-14-9-6-10(18-11(13)17-9)19-12-15-7(2)5-8(3)16-12/h5-6H,4H2,1-3H3,(H3,13,14,17,18). The van der Waals surface area contributed by atoms with Crippen molar-refractivity contribution in [3.8, 4) is 0 Å². The van der Waals surface area contributed by atoms with Gasteiger partial charge in [-0.05, 0) is 38.6 Å². The van der Waals surface area contributed by atoms with Crippen LogP contribution < -0.4 is 11.1 Å². The largest absolute Gasteiger partial charge is 0.370 e. The Morgan fingerprint density at radius 1 is 1.11 bits per heavy atom. The Kier molecular flexibility index (Phi) is 4.16. The second kappa shape index (κ2) is 5.83. The molecule has 0 saturated heterocycles. The number of nitrogen functional groups attached to an aromatic ring is 1. The minimum absolute atomic E-state index is 0.241. The zero-order valence-electron chi connectivity index (χ0n) is 11.1. The molecule has 0 radical (unpaired) electrons. The number of nitrogens with two attached hydrogens (primary N) is 1. The van der Waals surface area contributed by atoms with E-state index in [2.05, 4.69) is 25.3 Å². The number of rotatable bonds is 4. The fourth-order valence-electron chi connectivity index (χ4n) is 1.60. The zero-order chi connectivity index (χ0) is 13.8. The predicted octanol–water partition coefficient (Wildman–Crippen LogP) is 2.05. The van der Waals surface area contributed by atoms with Crippen LogP contribution >= 0.6 is 11.8 Å². The van der Waals surface area contributed by atoms with E-state index in [9.17, 15) is 0 Å². The van der Waals surface area contributed by atoms with Crippen molar-refractivity contribution in [3.05, 3.63) is 23.5 Å². The summed E-state index contributed by atoms with van der Waals surface area (Å²) in [6.45, 7) is 6.66. The summed E-state index contributed by atoms with van der Waals surface area (Å²) in [6.07, 6.45) is 0. The van der Waals surface area contributed by atoms with E-state index >= 15 is 0 Å². The maximum atomic E-state index is 5.69. The summed E-state index contributed by atoms with van der Waals surface area (Å²) in [5.74, 6) is 0.951. The fourth-order valence-corrected chi connectivity index (χ4v) is 2.48. The predicted molar refractivity (Wildman–Crippen MR) is 76.2 cm³/mol. The molecule has 19 heavy (non-hydrogen) atoms. The van der Waals surface area contributed by atoms with Gasteiger partial charge in [-0.25, -0.2) is 15.0 Å². The first-order valence-corrected chi connectivity index (χ1v) is 6.77. The van der Waals surface area contributed by atoms with Crippen LogP contribution in [-0.2, 0) is 0 Å². The first-order valence-electron chi connectivity index (χ1n) is 5.95. The lowest BCUT2D eigenvalue weighted by Crippen LogP contribution is -2.04. The minimum Gasteiger partial charge on any atom is -0.370 e. The SMILES string of the molecule is CCNc1cc(Sc2nc(C)cc(C)n2)nc(N)n1. The molecule has 0 saturated carbocycles. The summed E-state index contributed by atoms with van der Waals surface area (Å²) in [5, 5.41) is 4.51. The molecule has 0 atom stereocenters. The third-order valence-electron chi connectivity index (χ3n) is 2.24. The molecule has 0 aromatic carbocycles. The monoisotopic (exact) mass is 276 g/mol. The molecule has 100 valence electrons. The number of nitrogens with one attached hydrogen (secondary N) is 1. The normalized spacial score (nSPS) is 10.5. The van der Waals surface area contributed by atoms with Gasteiger partial charge in [0.25, 0.3) is 0 Å². The molecule has 6 nitrogen and oxygen atoms in total. The molecule has 2 aromatic heterocycles. The number of aryl methyl sites for hydroxylation is 2. The first kappa shape index (κ1) is 13.5. The van der Waals surface area contributed by atoms with Crippen molar-refractivity contribution in [3.63, 3.8) is 0 Å². The smallest absolute Gasteiger partial charge is 0.223 e. The van der Waals surface area contributed by atoms with Crippen molar-refractivity contribution in [2.24, 2.45) is 0 Å². The molecule has 3 N–H and O–H groups in total. The average Bonchev–Trinajstić information content (AvgIpc) is 2.26. The lowest BCUT2D eigenvalue weighted by atomic mass is 10.4. The molecular formula is C12H16N6S. The van der Waals surface area contributed by atoms with E-state index in [-0.39, 0.29) is 5.95 Å². The number of aromatic nitrogens is 4. The Bertz CT molecular complexity index is 566. The zero-order valence-corrected chi connectivity index (χ0v) is 12.0. The third-order valence-corrected chi connectivity index (χ3v) is 3.02. The summed E-state index contributed by atoms with van der Waals surface area (Å²) in [5.41, 5.74) is 7.56. The molecule has 0 amide bonds. The van der Waals surface area contributed by atoms with Gasteiger partial charge in [0.2, 0.25) is 5.95 Å². The van der Waals surface area contributed by atoms with Gasteiger partial charge in [0.15, 0.2) is 5.16 Å². The highest BCUT2D eigenvalue weighted by Gasteiger charge is 2.07. The topological polar surface area (TPSA) is 89.6 Å². The fraction of sp³-hybridized carbons (Fsp3) is 0.333. The van der Waals surface area contributed by atoms with Crippen molar-refractivity contribution in [1.82, 2.24) is 19.9 Å². The van der Waals surface area contributed by atoms with Crippen molar-refractivity contribution >= 4 is 23.5 Å². The van der Waals surface area contributed by atoms with Crippen molar-refractivity contribution in [1.29, 1.82) is 0 Å². The van der Waals surface area contributed by atoms with Gasteiger partial charge in [0.1, 0.15) is 10.8 Å². The van der Waals surface area contributed by atoms with E-state index in [1.165, 1.54) is 11.8 Å². The lowest BCUT2D eigenvalue weighted by Gasteiger charge is -2.06. The summed E-state index contributed by atoms with van der Waals surface area (Å²) < 4.78 is 0. The van der Waals surface area contributed by atoms with E-state index in [1.807, 2.05) is 32.9 Å². The van der Waals surface area contributed by atoms with Crippen LogP contribution in [0.25, 0.3) is 0 Å². The van der Waals surface area contributed by atoms with Crippen LogP contribution in [0.15, 0.2) is 22.3 Å². The van der Waals surface area contributed by atoms with Crippen LogP contribution in [0, 0.1) is 13.8 Å². The maximum absolute atomic E-state index is 5.69. The molecule has 0 spiro atoms. The Morgan fingerprint density at radius 2 is 1.79 bits per heavy atom. The van der Waals surface area contributed by atoms with Crippen LogP contribution in [0.3, 0.4) is 0 Å². The van der Waals surface area contributed by atoms with E-state index in [4.69, 9.17) is 5.73 Å². The number of nitrogens with zero attached hydrogens (tertiary/aromatic N) is 4. The van der Waals surface area contributed by atoms with Gasteiger partial charge >= 0.3 is 0 Å². The van der Waals surface area contributed by atoms with Crippen LogP contribution in [0.5, 0.6) is 0 Å². The van der Waals surface area contributed by atoms with Crippen molar-refractivity contribution < 1.29 is 0 Å². The molecule has 7 heteroatoms. The summed E-state index contributed by atoms with van der Waals surface area (Å²) in [6, 6.07) is 3.77. The second-order valence-corrected chi connectivity index (χ2v) is 5.00. The molecule has 0 aliphatic carbocycles. The highest BCUT2D eigenvalue weighted by atomic mass is 32.2. The Morgan fingerprint density at radius 3 is 2.42 bits per heavy atom. The quantitative estimate of drug-likeness (QED) is 0.652. The summed E-state index contributed by atoms with van der Waals surface area (Å²) in [7, 11) is 0. The van der Waals surface area contributed by atoms with Gasteiger partial charge in [-0.2, -0.15) is 4.98 Å². The first-order chi connectivity index (χ1) is 9.06. The van der Waals surface area contributed by atoms with Crippen LogP contribution in [-0.4, -0.2) is 26.5 Å². The van der Waals surface area contributed by atoms with E-state index < -0.39 is 0 Å².